The van der Waals surface area contributed by atoms with Gasteiger partial charge in [0, 0.05) is 0 Å². The van der Waals surface area contributed by atoms with E-state index in [1.165, 1.54) is 0 Å². The lowest BCUT2D eigenvalue weighted by Gasteiger charge is -2.37. The molecular formula is C4H4F3NO. The van der Waals surface area contributed by atoms with Crippen molar-refractivity contribution in [2.75, 3.05) is 0 Å². The molecule has 1 atom stereocenters. The fraction of sp³-hybridized carbons (Fsp3) is 0.750. The van der Waals surface area contributed by atoms with Crippen LogP contribution in [0.25, 0.3) is 0 Å². The third-order valence-corrected chi connectivity index (χ3v) is 1.34. The lowest BCUT2D eigenvalue weighted by molar-refractivity contribution is -0.237. The molecule has 0 aromatic rings. The molecule has 1 rings (SSSR count). The highest BCUT2D eigenvalue weighted by Crippen LogP contribution is 2.35. The summed E-state index contributed by atoms with van der Waals surface area (Å²) in [4.78, 5) is 9.89. The molecule has 0 spiro atoms. The summed E-state index contributed by atoms with van der Waals surface area (Å²) in [6.07, 6.45) is 0. The van der Waals surface area contributed by atoms with Crippen LogP contribution in [0.5, 0.6) is 0 Å². The van der Waals surface area contributed by atoms with E-state index >= 15 is 0 Å². The predicted molar refractivity (Wildman–Crippen MR) is 22.4 cm³/mol. The van der Waals surface area contributed by atoms with E-state index in [0.717, 1.165) is 6.92 Å². The van der Waals surface area contributed by atoms with Crippen LogP contribution in [0, 0.1) is 0 Å². The molecule has 52 valence electrons. The van der Waals surface area contributed by atoms with E-state index < -0.39 is 23.0 Å². The van der Waals surface area contributed by atoms with Gasteiger partial charge in [0.1, 0.15) is 6.04 Å². The molecule has 1 aliphatic heterocycles. The first-order valence-electron chi connectivity index (χ1n) is 2.35. The van der Waals surface area contributed by atoms with Gasteiger partial charge < -0.3 is 0 Å². The molecule has 1 fully saturated rings. The molecule has 0 bridgehead atoms. The van der Waals surface area contributed by atoms with Crippen molar-refractivity contribution >= 4 is 5.91 Å². The molecule has 1 amide bonds. The van der Waals surface area contributed by atoms with Crippen molar-refractivity contribution in [2.45, 2.75) is 18.9 Å². The van der Waals surface area contributed by atoms with Crippen molar-refractivity contribution in [2.24, 2.45) is 0 Å². The van der Waals surface area contributed by atoms with E-state index in [0.29, 0.717) is 0 Å². The molecule has 1 unspecified atom stereocenters. The topological polar surface area (TPSA) is 20.3 Å². The van der Waals surface area contributed by atoms with Crippen molar-refractivity contribution in [3.8, 4) is 0 Å². The van der Waals surface area contributed by atoms with Crippen molar-refractivity contribution in [1.29, 1.82) is 0 Å². The summed E-state index contributed by atoms with van der Waals surface area (Å²) in [5.74, 6) is -5.22. The van der Waals surface area contributed by atoms with Crippen LogP contribution in [0.15, 0.2) is 0 Å². The number of nitrogens with zero attached hydrogens (tertiary/aromatic N) is 1. The second-order valence-electron chi connectivity index (χ2n) is 1.92. The first kappa shape index (κ1) is 6.38. The van der Waals surface area contributed by atoms with Crippen LogP contribution in [0.4, 0.5) is 13.3 Å². The molecule has 0 aliphatic carbocycles. The van der Waals surface area contributed by atoms with E-state index in [1.807, 2.05) is 0 Å². The highest BCUT2D eigenvalue weighted by molar-refractivity contribution is 5.89. The third kappa shape index (κ3) is 0.541. The van der Waals surface area contributed by atoms with Crippen molar-refractivity contribution in [3.05, 3.63) is 0 Å². The molecule has 0 N–H and O–H groups in total. The summed E-state index contributed by atoms with van der Waals surface area (Å²) in [7, 11) is 0. The van der Waals surface area contributed by atoms with Crippen LogP contribution in [0.2, 0.25) is 0 Å². The van der Waals surface area contributed by atoms with E-state index in [-0.39, 0.29) is 0 Å². The standard InChI is InChI=1S/C4H4F3NO/c1-2-4(5,6)3(9)8(2)7/h2H,1H3. The Morgan fingerprint density at radius 1 is 1.67 bits per heavy atom. The van der Waals surface area contributed by atoms with Crippen LogP contribution in [0.1, 0.15) is 6.92 Å². The minimum absolute atomic E-state index is 0.472. The van der Waals surface area contributed by atoms with Gasteiger partial charge in [0.15, 0.2) is 0 Å². The van der Waals surface area contributed by atoms with Crippen LogP contribution in [-0.4, -0.2) is 23.0 Å². The molecule has 1 aliphatic rings. The number of hydrogen-bond acceptors (Lipinski definition) is 1. The molecule has 1 saturated heterocycles. The van der Waals surface area contributed by atoms with E-state index in [4.69, 9.17) is 0 Å². The van der Waals surface area contributed by atoms with Crippen molar-refractivity contribution < 1.29 is 18.1 Å². The molecule has 0 saturated carbocycles. The molecule has 9 heavy (non-hydrogen) atoms. The Kier molecular flexibility index (Phi) is 0.992. The Morgan fingerprint density at radius 2 is 2.11 bits per heavy atom. The third-order valence-electron chi connectivity index (χ3n) is 1.34. The zero-order chi connectivity index (χ0) is 7.23. The fourth-order valence-electron chi connectivity index (χ4n) is 0.573. The van der Waals surface area contributed by atoms with Gasteiger partial charge in [-0.15, -0.1) is 0 Å². The number of carbonyl (C=O) groups excluding carboxylic acids is 1. The van der Waals surface area contributed by atoms with Gasteiger partial charge >= 0.3 is 11.8 Å². The van der Waals surface area contributed by atoms with Gasteiger partial charge in [0.2, 0.25) is 0 Å². The summed E-state index contributed by atoms with van der Waals surface area (Å²) >= 11 is 0. The summed E-state index contributed by atoms with van der Waals surface area (Å²) in [6, 6.07) is -1.59. The van der Waals surface area contributed by atoms with Gasteiger partial charge in [-0.3, -0.25) is 4.79 Å². The summed E-state index contributed by atoms with van der Waals surface area (Å²) in [5, 5.41) is -0.472. The first-order valence-corrected chi connectivity index (χ1v) is 2.35. The quantitative estimate of drug-likeness (QED) is 0.358. The zero-order valence-electron chi connectivity index (χ0n) is 4.57. The SMILES string of the molecule is CC1N(F)C(=O)C1(F)F. The number of halogens is 3. The van der Waals surface area contributed by atoms with Gasteiger partial charge in [0.25, 0.3) is 0 Å². The average Bonchev–Trinajstić information content (AvgIpc) is 1.84. The van der Waals surface area contributed by atoms with Crippen molar-refractivity contribution in [3.63, 3.8) is 0 Å². The average molecular weight is 139 g/mol. The van der Waals surface area contributed by atoms with Crippen LogP contribution in [-0.2, 0) is 4.79 Å². The number of amides is 1. The second kappa shape index (κ2) is 1.40. The Morgan fingerprint density at radius 3 is 2.22 bits per heavy atom. The smallest absolute Gasteiger partial charge is 0.265 e. The number of β-lactam (4-membered cyclic amide) rings is 1. The Balaban J connectivity index is 2.73. The van der Waals surface area contributed by atoms with Crippen LogP contribution < -0.4 is 0 Å². The minimum Gasteiger partial charge on any atom is -0.265 e. The number of carbonyl (C=O) groups is 1. The van der Waals surface area contributed by atoms with E-state index in [9.17, 15) is 18.1 Å². The first-order chi connectivity index (χ1) is 3.98. The maximum Gasteiger partial charge on any atom is 0.349 e. The molecule has 5 heteroatoms. The van der Waals surface area contributed by atoms with Gasteiger partial charge in [-0.1, -0.05) is 4.48 Å². The summed E-state index contributed by atoms with van der Waals surface area (Å²) in [6.45, 7) is 0.946. The highest BCUT2D eigenvalue weighted by atomic mass is 19.3. The molecule has 0 radical (unpaired) electrons. The lowest BCUT2D eigenvalue weighted by Crippen LogP contribution is -2.64. The van der Waals surface area contributed by atoms with Crippen LogP contribution in [0.3, 0.4) is 0 Å². The Bertz CT molecular complexity index is 158. The molecule has 0 aromatic carbocycles. The van der Waals surface area contributed by atoms with E-state index in [1.54, 1.807) is 0 Å². The van der Waals surface area contributed by atoms with Gasteiger partial charge in [-0.2, -0.15) is 13.9 Å². The number of alkyl halides is 2. The summed E-state index contributed by atoms with van der Waals surface area (Å²) in [5.41, 5.74) is 0. The molecule has 2 nitrogen and oxygen atoms in total. The van der Waals surface area contributed by atoms with Gasteiger partial charge in [-0.05, 0) is 6.92 Å². The molecule has 1 heterocycles. The number of rotatable bonds is 0. The zero-order valence-corrected chi connectivity index (χ0v) is 4.57. The minimum atomic E-state index is -3.48. The van der Waals surface area contributed by atoms with Gasteiger partial charge in [-0.25, -0.2) is 0 Å². The maximum absolute atomic E-state index is 11.9. The largest absolute Gasteiger partial charge is 0.349 e. The predicted octanol–water partition coefficient (Wildman–Crippen LogP) is 0.737. The molecular weight excluding hydrogens is 135 g/mol. The van der Waals surface area contributed by atoms with E-state index in [2.05, 4.69) is 0 Å². The molecule has 0 aromatic heterocycles. The van der Waals surface area contributed by atoms with Gasteiger partial charge in [0.05, 0.1) is 0 Å². The lowest BCUT2D eigenvalue weighted by atomic mass is 10.0. The normalized spacial score (nSPS) is 32.2. The highest BCUT2D eigenvalue weighted by Gasteiger charge is 2.62. The summed E-state index contributed by atoms with van der Waals surface area (Å²) < 4.78 is 35.7. The fourth-order valence-corrected chi connectivity index (χ4v) is 0.573. The second-order valence-corrected chi connectivity index (χ2v) is 1.92. The number of hydrogen-bond donors (Lipinski definition) is 0. The Labute approximate surface area is 49.2 Å². The van der Waals surface area contributed by atoms with Crippen LogP contribution >= 0.6 is 0 Å². The van der Waals surface area contributed by atoms with Crippen molar-refractivity contribution in [1.82, 2.24) is 5.12 Å². The Hall–Kier alpha value is -0.740. The maximum atomic E-state index is 11.9. The monoisotopic (exact) mass is 139 g/mol.